The lowest BCUT2D eigenvalue weighted by Crippen LogP contribution is -2.44. The van der Waals surface area contributed by atoms with Crippen molar-refractivity contribution in [3.05, 3.63) is 17.9 Å². The molecule has 0 radical (unpaired) electrons. The molecule has 4 heteroatoms. The Morgan fingerprint density at radius 3 is 2.55 bits per heavy atom. The van der Waals surface area contributed by atoms with Gasteiger partial charge in [0.2, 0.25) is 0 Å². The van der Waals surface area contributed by atoms with Crippen LogP contribution in [0, 0.1) is 6.92 Å². The predicted molar refractivity (Wildman–Crippen MR) is 91.8 cm³/mol. The van der Waals surface area contributed by atoms with E-state index in [0.29, 0.717) is 6.04 Å². The van der Waals surface area contributed by atoms with Crippen LogP contribution in [0.5, 0.6) is 0 Å². The van der Waals surface area contributed by atoms with Gasteiger partial charge in [-0.1, -0.05) is 45.9 Å². The van der Waals surface area contributed by atoms with Gasteiger partial charge in [-0.3, -0.25) is 4.67 Å². The van der Waals surface area contributed by atoms with Gasteiger partial charge in [0.15, 0.2) is 0 Å². The second-order valence-corrected chi connectivity index (χ2v) is 11.9. The Morgan fingerprint density at radius 2 is 2.05 bits per heavy atom. The summed E-state index contributed by atoms with van der Waals surface area (Å²) in [4.78, 5) is 0. The van der Waals surface area contributed by atoms with Crippen LogP contribution in [0.2, 0.25) is 0 Å². The van der Waals surface area contributed by atoms with Crippen molar-refractivity contribution >= 4 is 23.5 Å². The molecule has 1 fully saturated rings. The number of rotatable bonds is 3. The third-order valence-corrected chi connectivity index (χ3v) is 11.1. The van der Waals surface area contributed by atoms with Crippen molar-refractivity contribution in [1.29, 1.82) is 0 Å². The fraction of sp³-hybridized carbons (Fsp3) is 0.750. The zero-order chi connectivity index (χ0) is 15.0. The lowest BCUT2D eigenvalue weighted by Gasteiger charge is -2.48. The van der Waals surface area contributed by atoms with Gasteiger partial charge in [0.05, 0.1) is 6.19 Å². The number of hydrogen-bond donors (Lipinski definition) is 0. The Kier molecular flexibility index (Phi) is 4.83. The molecule has 2 nitrogen and oxygen atoms in total. The molecule has 1 aliphatic heterocycles. The van der Waals surface area contributed by atoms with E-state index in [-0.39, 0.29) is 5.16 Å². The van der Waals surface area contributed by atoms with Crippen LogP contribution in [0.15, 0.2) is 16.5 Å². The quantitative estimate of drug-likeness (QED) is 0.755. The third-order valence-electron chi connectivity index (χ3n) is 4.36. The van der Waals surface area contributed by atoms with E-state index >= 15 is 0 Å². The second-order valence-electron chi connectivity index (χ2n) is 6.85. The van der Waals surface area contributed by atoms with Crippen molar-refractivity contribution in [2.45, 2.75) is 71.5 Å². The molecule has 1 saturated heterocycles. The molecule has 1 aromatic heterocycles. The van der Waals surface area contributed by atoms with Crippen molar-refractivity contribution < 1.29 is 4.42 Å². The van der Waals surface area contributed by atoms with Gasteiger partial charge in [0.25, 0.3) is 0 Å². The van der Waals surface area contributed by atoms with E-state index in [9.17, 15) is 0 Å². The van der Waals surface area contributed by atoms with Crippen LogP contribution in [0.1, 0.15) is 59.1 Å². The fourth-order valence-electron chi connectivity index (χ4n) is 3.20. The average molecular weight is 313 g/mol. The first-order valence-electron chi connectivity index (χ1n) is 7.75. The van der Waals surface area contributed by atoms with E-state index in [4.69, 9.17) is 16.2 Å². The molecule has 0 aromatic carbocycles. The van der Waals surface area contributed by atoms with Crippen LogP contribution in [-0.4, -0.2) is 22.4 Å². The molecule has 0 aliphatic carbocycles. The van der Waals surface area contributed by atoms with Gasteiger partial charge in [-0.25, -0.2) is 0 Å². The summed E-state index contributed by atoms with van der Waals surface area (Å²) >= 11 is 6.33. The van der Waals surface area contributed by atoms with Gasteiger partial charge in [0.1, 0.15) is 11.3 Å². The molecule has 20 heavy (non-hydrogen) atoms. The largest absolute Gasteiger partial charge is 0.460 e. The highest BCUT2D eigenvalue weighted by Crippen LogP contribution is 2.62. The molecular weight excluding hydrogens is 285 g/mol. The molecule has 114 valence electrons. The van der Waals surface area contributed by atoms with E-state index in [2.05, 4.69) is 44.5 Å². The van der Waals surface area contributed by atoms with Crippen molar-refractivity contribution in [3.63, 3.8) is 0 Å². The third kappa shape index (κ3) is 2.77. The summed E-state index contributed by atoms with van der Waals surface area (Å²) < 4.78 is 8.67. The SMILES string of the molecule is CC[C@@H]1CCCCN1[P@@](=S)(c1ccc(C)o1)C(C)(C)C. The molecule has 1 aliphatic rings. The minimum absolute atomic E-state index is 0.0669. The van der Waals surface area contributed by atoms with Crippen molar-refractivity contribution in [2.24, 2.45) is 0 Å². The van der Waals surface area contributed by atoms with Crippen molar-refractivity contribution in [2.75, 3.05) is 6.54 Å². The van der Waals surface area contributed by atoms with E-state index in [1.807, 2.05) is 6.92 Å². The molecule has 0 unspecified atom stereocenters. The summed E-state index contributed by atoms with van der Waals surface area (Å²) in [5.74, 6) is 0.975. The highest BCUT2D eigenvalue weighted by molar-refractivity contribution is 8.17. The fourth-order valence-corrected chi connectivity index (χ4v) is 7.53. The van der Waals surface area contributed by atoms with E-state index < -0.39 is 6.19 Å². The topological polar surface area (TPSA) is 16.4 Å². The lowest BCUT2D eigenvalue weighted by molar-refractivity contribution is 0.254. The first kappa shape index (κ1) is 16.3. The van der Waals surface area contributed by atoms with Gasteiger partial charge in [-0.05, 0) is 38.3 Å². The number of hydrogen-bond acceptors (Lipinski definition) is 2. The molecule has 1 aromatic rings. The van der Waals surface area contributed by atoms with E-state index in [1.54, 1.807) is 0 Å². The summed E-state index contributed by atoms with van der Waals surface area (Å²) in [6, 6.07) is 4.81. The van der Waals surface area contributed by atoms with Gasteiger partial charge >= 0.3 is 0 Å². The van der Waals surface area contributed by atoms with Gasteiger partial charge < -0.3 is 4.42 Å². The molecule has 2 rings (SSSR count). The van der Waals surface area contributed by atoms with Crippen molar-refractivity contribution in [3.8, 4) is 0 Å². The smallest absolute Gasteiger partial charge is 0.150 e. The van der Waals surface area contributed by atoms with E-state index in [0.717, 1.165) is 17.8 Å². The summed E-state index contributed by atoms with van der Waals surface area (Å²) in [5, 5.41) is 0.0669. The van der Waals surface area contributed by atoms with Crippen LogP contribution < -0.4 is 5.50 Å². The van der Waals surface area contributed by atoms with Crippen LogP contribution in [0.25, 0.3) is 0 Å². The first-order chi connectivity index (χ1) is 9.30. The van der Waals surface area contributed by atoms with Crippen LogP contribution in [-0.2, 0) is 11.8 Å². The maximum absolute atomic E-state index is 6.33. The van der Waals surface area contributed by atoms with Crippen LogP contribution >= 0.6 is 6.19 Å². The highest BCUT2D eigenvalue weighted by atomic mass is 32.4. The number of aryl methyl sites for hydroxylation is 1. The Bertz CT molecular complexity index is 503. The first-order valence-corrected chi connectivity index (χ1v) is 10.5. The number of piperidine rings is 1. The molecule has 2 heterocycles. The zero-order valence-corrected chi connectivity index (χ0v) is 15.2. The maximum atomic E-state index is 6.33. The van der Waals surface area contributed by atoms with Gasteiger partial charge in [0, 0.05) is 17.7 Å². The van der Waals surface area contributed by atoms with Crippen LogP contribution in [0.3, 0.4) is 0 Å². The van der Waals surface area contributed by atoms with E-state index in [1.165, 1.54) is 25.7 Å². The maximum Gasteiger partial charge on any atom is 0.150 e. The molecular formula is C16H28NOPS. The molecule has 0 spiro atoms. The standard InChI is InChI=1S/C16H28NOPS/c1-6-14-9-7-8-12-17(14)19(20,16(3,4)5)15-11-10-13(2)18-15/h10-11,14H,6-9,12H2,1-5H3/t14-,19-/m1/s1. The second kappa shape index (κ2) is 5.94. The number of furan rings is 1. The van der Waals surface area contributed by atoms with Crippen molar-refractivity contribution in [1.82, 2.24) is 4.67 Å². The minimum atomic E-state index is -1.88. The summed E-state index contributed by atoms with van der Waals surface area (Å²) in [6.45, 7) is 12.3. The summed E-state index contributed by atoms with van der Waals surface area (Å²) in [6.07, 6.45) is 3.20. The lowest BCUT2D eigenvalue weighted by atomic mass is 10.0. The monoisotopic (exact) mass is 313 g/mol. The van der Waals surface area contributed by atoms with Crippen LogP contribution in [0.4, 0.5) is 0 Å². The average Bonchev–Trinajstić information content (AvgIpc) is 2.83. The summed E-state index contributed by atoms with van der Waals surface area (Å²) in [5.41, 5.74) is 1.05. The molecule has 0 bridgehead atoms. The van der Waals surface area contributed by atoms with Gasteiger partial charge in [-0.2, -0.15) is 0 Å². The minimum Gasteiger partial charge on any atom is -0.460 e. The molecule has 0 amide bonds. The Morgan fingerprint density at radius 1 is 1.35 bits per heavy atom. The normalized spacial score (nSPS) is 24.6. The zero-order valence-electron chi connectivity index (χ0n) is 13.5. The van der Waals surface area contributed by atoms with Gasteiger partial charge in [-0.15, -0.1) is 0 Å². The number of nitrogens with zero attached hydrogens (tertiary/aromatic N) is 1. The predicted octanol–water partition coefficient (Wildman–Crippen LogP) is 4.67. The summed E-state index contributed by atoms with van der Waals surface area (Å²) in [7, 11) is 0. The molecule has 2 atom stereocenters. The Balaban J connectivity index is 2.49. The molecule has 0 N–H and O–H groups in total. The molecule has 0 saturated carbocycles. The highest BCUT2D eigenvalue weighted by Gasteiger charge is 2.44. The Labute approximate surface area is 129 Å². The Hall–Kier alpha value is -0.110.